The predicted octanol–water partition coefficient (Wildman–Crippen LogP) is 3.45. The van der Waals surface area contributed by atoms with E-state index in [4.69, 9.17) is 0 Å². The van der Waals surface area contributed by atoms with Gasteiger partial charge in [0.15, 0.2) is 0 Å². The van der Waals surface area contributed by atoms with Crippen molar-refractivity contribution in [2.45, 2.75) is 39.5 Å². The van der Waals surface area contributed by atoms with Crippen LogP contribution in [0.25, 0.3) is 0 Å². The third kappa shape index (κ3) is 2.38. The van der Waals surface area contributed by atoms with Crippen LogP contribution in [-0.4, -0.2) is 0 Å². The lowest BCUT2D eigenvalue weighted by Crippen LogP contribution is -1.85. The van der Waals surface area contributed by atoms with Gasteiger partial charge in [-0.2, -0.15) is 0 Å². The normalized spacial score (nSPS) is 20.6. The summed E-state index contributed by atoms with van der Waals surface area (Å²) in [5, 5.41) is 0. The summed E-state index contributed by atoms with van der Waals surface area (Å²) in [7, 11) is 0. The number of rotatable bonds is 0. The molecule has 0 saturated carbocycles. The summed E-state index contributed by atoms with van der Waals surface area (Å²) in [6, 6.07) is 0. The van der Waals surface area contributed by atoms with Crippen LogP contribution in [-0.2, 0) is 0 Å². The van der Waals surface area contributed by atoms with E-state index in [0.29, 0.717) is 0 Å². The molecular weight excluding hydrogens is 120 g/mol. The van der Waals surface area contributed by atoms with Crippen molar-refractivity contribution in [3.8, 4) is 0 Å². The standard InChI is InChI=1S/C10H16/c1-9-5-3-4-6-10(2)8-7-9/h5-6H,3-4,7-8H2,1-2H3. The van der Waals surface area contributed by atoms with Crippen LogP contribution in [0.1, 0.15) is 39.5 Å². The highest BCUT2D eigenvalue weighted by molar-refractivity contribution is 5.08. The molecule has 56 valence electrons. The molecule has 0 heterocycles. The largest absolute Gasteiger partial charge is 0.0853 e. The third-order valence-corrected chi connectivity index (χ3v) is 2.07. The number of hydrogen-bond donors (Lipinski definition) is 0. The van der Waals surface area contributed by atoms with Crippen molar-refractivity contribution in [3.05, 3.63) is 23.3 Å². The van der Waals surface area contributed by atoms with Crippen LogP contribution in [0.3, 0.4) is 0 Å². The summed E-state index contributed by atoms with van der Waals surface area (Å²) >= 11 is 0. The maximum atomic E-state index is 2.36. The first-order valence-electron chi connectivity index (χ1n) is 4.10. The fourth-order valence-corrected chi connectivity index (χ4v) is 1.26. The Bertz CT molecular complexity index is 141. The highest BCUT2D eigenvalue weighted by Crippen LogP contribution is 2.16. The monoisotopic (exact) mass is 136 g/mol. The van der Waals surface area contributed by atoms with Gasteiger partial charge >= 0.3 is 0 Å². The Morgan fingerprint density at radius 3 is 1.70 bits per heavy atom. The Morgan fingerprint density at radius 1 is 0.900 bits per heavy atom. The van der Waals surface area contributed by atoms with Gasteiger partial charge in [-0.25, -0.2) is 0 Å². The molecule has 0 bridgehead atoms. The molecule has 1 rings (SSSR count). The van der Waals surface area contributed by atoms with E-state index in [2.05, 4.69) is 26.0 Å². The van der Waals surface area contributed by atoms with Crippen LogP contribution in [0.4, 0.5) is 0 Å². The van der Waals surface area contributed by atoms with E-state index in [9.17, 15) is 0 Å². The molecule has 0 saturated heterocycles. The zero-order valence-electron chi connectivity index (χ0n) is 6.98. The van der Waals surface area contributed by atoms with Crippen molar-refractivity contribution in [1.29, 1.82) is 0 Å². The van der Waals surface area contributed by atoms with Gasteiger partial charge in [0.1, 0.15) is 0 Å². The average Bonchev–Trinajstić information content (AvgIpc) is 1.90. The van der Waals surface area contributed by atoms with Crippen molar-refractivity contribution in [2.75, 3.05) is 0 Å². The fourth-order valence-electron chi connectivity index (χ4n) is 1.26. The topological polar surface area (TPSA) is 0 Å². The first-order valence-corrected chi connectivity index (χ1v) is 4.10. The Labute approximate surface area is 63.6 Å². The smallest absolute Gasteiger partial charge is 0.0286 e. The Balaban J connectivity index is 2.49. The van der Waals surface area contributed by atoms with Gasteiger partial charge in [-0.3, -0.25) is 0 Å². The fraction of sp³-hybridized carbons (Fsp3) is 0.600. The second-order valence-corrected chi connectivity index (χ2v) is 3.18. The number of allylic oxidation sites excluding steroid dienone is 4. The van der Waals surface area contributed by atoms with Crippen LogP contribution in [0.2, 0.25) is 0 Å². The molecule has 0 aromatic heterocycles. The molecule has 0 fully saturated rings. The van der Waals surface area contributed by atoms with E-state index >= 15 is 0 Å². The summed E-state index contributed by atoms with van der Waals surface area (Å²) < 4.78 is 0. The molecule has 0 radical (unpaired) electrons. The molecular formula is C10H16. The third-order valence-electron chi connectivity index (χ3n) is 2.07. The van der Waals surface area contributed by atoms with E-state index in [0.717, 1.165) is 0 Å². The summed E-state index contributed by atoms with van der Waals surface area (Å²) in [6.45, 7) is 4.47. The highest BCUT2D eigenvalue weighted by Gasteiger charge is 1.95. The SMILES string of the molecule is CC1=CCCC=C(C)CC1. The molecule has 1 aliphatic rings. The minimum atomic E-state index is 1.24. The average molecular weight is 136 g/mol. The summed E-state index contributed by atoms with van der Waals surface area (Å²) in [5.74, 6) is 0. The zero-order valence-corrected chi connectivity index (χ0v) is 6.98. The minimum absolute atomic E-state index is 1.24. The second kappa shape index (κ2) is 3.60. The second-order valence-electron chi connectivity index (χ2n) is 3.18. The van der Waals surface area contributed by atoms with Gasteiger partial charge in [0.05, 0.1) is 0 Å². The van der Waals surface area contributed by atoms with Crippen molar-refractivity contribution < 1.29 is 0 Å². The van der Waals surface area contributed by atoms with Gasteiger partial charge in [0.2, 0.25) is 0 Å². The molecule has 0 spiro atoms. The van der Waals surface area contributed by atoms with Gasteiger partial charge in [0, 0.05) is 0 Å². The van der Waals surface area contributed by atoms with Crippen LogP contribution in [0.5, 0.6) is 0 Å². The lowest BCUT2D eigenvalue weighted by Gasteiger charge is -2.05. The van der Waals surface area contributed by atoms with Gasteiger partial charge in [-0.05, 0) is 39.5 Å². The minimum Gasteiger partial charge on any atom is -0.0853 e. The molecule has 0 N–H and O–H groups in total. The van der Waals surface area contributed by atoms with Crippen molar-refractivity contribution in [2.24, 2.45) is 0 Å². The van der Waals surface area contributed by atoms with Crippen LogP contribution in [0.15, 0.2) is 23.3 Å². The Kier molecular flexibility index (Phi) is 2.73. The Hall–Kier alpha value is -0.520. The highest BCUT2D eigenvalue weighted by atomic mass is 14.0. The van der Waals surface area contributed by atoms with Gasteiger partial charge in [-0.15, -0.1) is 0 Å². The molecule has 0 amide bonds. The van der Waals surface area contributed by atoms with E-state index in [1.807, 2.05) is 0 Å². The van der Waals surface area contributed by atoms with Gasteiger partial charge < -0.3 is 0 Å². The number of hydrogen-bond acceptors (Lipinski definition) is 0. The van der Waals surface area contributed by atoms with Gasteiger partial charge in [0.25, 0.3) is 0 Å². The van der Waals surface area contributed by atoms with Crippen molar-refractivity contribution in [1.82, 2.24) is 0 Å². The molecule has 0 aromatic carbocycles. The molecule has 10 heavy (non-hydrogen) atoms. The van der Waals surface area contributed by atoms with Crippen LogP contribution < -0.4 is 0 Å². The molecule has 0 unspecified atom stereocenters. The van der Waals surface area contributed by atoms with E-state index in [1.54, 1.807) is 11.1 Å². The van der Waals surface area contributed by atoms with E-state index in [1.165, 1.54) is 25.7 Å². The molecule has 1 aliphatic carbocycles. The summed E-state index contributed by atoms with van der Waals surface area (Å²) in [6.07, 6.45) is 9.74. The van der Waals surface area contributed by atoms with Crippen LogP contribution in [0, 0.1) is 0 Å². The maximum absolute atomic E-state index is 2.36. The molecule has 0 atom stereocenters. The van der Waals surface area contributed by atoms with Crippen molar-refractivity contribution in [3.63, 3.8) is 0 Å². The zero-order chi connectivity index (χ0) is 7.40. The summed E-state index contributed by atoms with van der Waals surface area (Å²) in [5.41, 5.74) is 3.12. The van der Waals surface area contributed by atoms with Gasteiger partial charge in [-0.1, -0.05) is 23.3 Å². The maximum Gasteiger partial charge on any atom is -0.0286 e. The van der Waals surface area contributed by atoms with E-state index in [-0.39, 0.29) is 0 Å². The Morgan fingerprint density at radius 2 is 1.30 bits per heavy atom. The lowest BCUT2D eigenvalue weighted by atomic mass is 10.0. The first-order chi connectivity index (χ1) is 4.79. The molecule has 0 nitrogen and oxygen atoms in total. The predicted molar refractivity (Wildman–Crippen MR) is 46.0 cm³/mol. The quantitative estimate of drug-likeness (QED) is 0.447. The molecule has 0 heteroatoms. The van der Waals surface area contributed by atoms with E-state index < -0.39 is 0 Å². The molecule has 0 aliphatic heterocycles. The first kappa shape index (κ1) is 7.59. The summed E-state index contributed by atoms with van der Waals surface area (Å²) in [4.78, 5) is 0. The lowest BCUT2D eigenvalue weighted by molar-refractivity contribution is 0.867. The molecule has 0 aromatic rings. The van der Waals surface area contributed by atoms with Crippen molar-refractivity contribution >= 4 is 0 Å². The van der Waals surface area contributed by atoms with Crippen LogP contribution >= 0.6 is 0 Å².